The van der Waals surface area contributed by atoms with E-state index < -0.39 is 29.7 Å². The number of carbonyl (C=O) groups excluding carboxylic acids is 2. The zero-order valence-corrected chi connectivity index (χ0v) is 22.7. The van der Waals surface area contributed by atoms with Crippen molar-refractivity contribution in [1.82, 2.24) is 20.2 Å². The number of aryl methyl sites for hydroxylation is 2. The number of aliphatic hydroxyl groups is 1. The average Bonchev–Trinajstić information content (AvgIpc) is 3.26. The summed E-state index contributed by atoms with van der Waals surface area (Å²) in [6.45, 7) is 4.45. The number of para-hydroxylation sites is 2. The van der Waals surface area contributed by atoms with Gasteiger partial charge in [-0.1, -0.05) is 43.3 Å². The van der Waals surface area contributed by atoms with Crippen LogP contribution in [0.1, 0.15) is 47.1 Å². The van der Waals surface area contributed by atoms with Crippen LogP contribution in [0.3, 0.4) is 0 Å². The molecule has 0 aliphatic rings. The predicted molar refractivity (Wildman–Crippen MR) is 150 cm³/mol. The SMILES string of the molecule is CCc1cccc(CNC[C@@H](O)[C@H](Cc2cc(F)cc(F)c2)NC(=O)CCC(=O)n2c(C)nc3ccccc32)c1. The topological polar surface area (TPSA) is 96.3 Å². The van der Waals surface area contributed by atoms with Gasteiger partial charge in [0, 0.05) is 32.0 Å². The molecular weight excluding hydrogens is 514 g/mol. The predicted octanol–water partition coefficient (Wildman–Crippen LogP) is 4.48. The molecule has 4 rings (SSSR count). The van der Waals surface area contributed by atoms with Crippen LogP contribution in [0.2, 0.25) is 0 Å². The molecule has 40 heavy (non-hydrogen) atoms. The van der Waals surface area contributed by atoms with E-state index in [1.807, 2.05) is 36.4 Å². The summed E-state index contributed by atoms with van der Waals surface area (Å²) in [6, 6.07) is 17.6. The number of imidazole rings is 1. The van der Waals surface area contributed by atoms with E-state index in [1.165, 1.54) is 22.3 Å². The number of hydrogen-bond donors (Lipinski definition) is 3. The molecule has 4 aromatic rings. The maximum Gasteiger partial charge on any atom is 0.233 e. The summed E-state index contributed by atoms with van der Waals surface area (Å²) >= 11 is 0. The van der Waals surface area contributed by atoms with E-state index in [2.05, 4.69) is 28.6 Å². The van der Waals surface area contributed by atoms with Crippen molar-refractivity contribution in [1.29, 1.82) is 0 Å². The second kappa shape index (κ2) is 13.4. The smallest absolute Gasteiger partial charge is 0.233 e. The highest BCUT2D eigenvalue weighted by atomic mass is 19.1. The summed E-state index contributed by atoms with van der Waals surface area (Å²) in [5, 5.41) is 16.9. The molecule has 0 spiro atoms. The maximum atomic E-state index is 13.8. The third-order valence-electron chi connectivity index (χ3n) is 6.81. The van der Waals surface area contributed by atoms with Crippen LogP contribution in [0, 0.1) is 18.6 Å². The third kappa shape index (κ3) is 7.58. The molecule has 0 fully saturated rings. The summed E-state index contributed by atoms with van der Waals surface area (Å²) < 4.78 is 29.2. The highest BCUT2D eigenvalue weighted by molar-refractivity contribution is 5.93. The van der Waals surface area contributed by atoms with Gasteiger partial charge in [0.05, 0.1) is 23.2 Å². The van der Waals surface area contributed by atoms with E-state index in [0.717, 1.165) is 18.1 Å². The summed E-state index contributed by atoms with van der Waals surface area (Å²) in [5.74, 6) is -1.67. The minimum absolute atomic E-state index is 0.00774. The fourth-order valence-electron chi connectivity index (χ4n) is 4.80. The molecule has 0 saturated carbocycles. The Morgan fingerprint density at radius 1 is 0.950 bits per heavy atom. The zero-order valence-electron chi connectivity index (χ0n) is 22.7. The first-order chi connectivity index (χ1) is 19.2. The maximum absolute atomic E-state index is 13.8. The Labute approximate surface area is 232 Å². The van der Waals surface area contributed by atoms with E-state index in [-0.39, 0.29) is 31.7 Å². The number of aliphatic hydroxyl groups excluding tert-OH is 1. The molecule has 0 aliphatic carbocycles. The Morgan fingerprint density at radius 3 is 2.42 bits per heavy atom. The van der Waals surface area contributed by atoms with Crippen molar-refractivity contribution in [2.45, 2.75) is 58.2 Å². The van der Waals surface area contributed by atoms with Crippen LogP contribution in [-0.4, -0.2) is 45.2 Å². The van der Waals surface area contributed by atoms with Gasteiger partial charge in [-0.15, -0.1) is 0 Å². The van der Waals surface area contributed by atoms with Gasteiger partial charge in [-0.2, -0.15) is 0 Å². The number of fused-ring (bicyclic) bond motifs is 1. The Bertz CT molecular complexity index is 1470. The lowest BCUT2D eigenvalue weighted by atomic mass is 10.00. The van der Waals surface area contributed by atoms with E-state index in [0.29, 0.717) is 29.0 Å². The van der Waals surface area contributed by atoms with Crippen molar-refractivity contribution >= 4 is 22.8 Å². The van der Waals surface area contributed by atoms with E-state index in [1.54, 1.807) is 13.0 Å². The van der Waals surface area contributed by atoms with Crippen molar-refractivity contribution in [2.75, 3.05) is 6.54 Å². The number of hydrogen-bond acceptors (Lipinski definition) is 5. The fourth-order valence-corrected chi connectivity index (χ4v) is 4.80. The number of amides is 1. The number of aromatic nitrogens is 2. The van der Waals surface area contributed by atoms with Gasteiger partial charge in [0.2, 0.25) is 11.8 Å². The van der Waals surface area contributed by atoms with Gasteiger partial charge in [-0.05, 0) is 60.7 Å². The normalized spacial score (nSPS) is 12.8. The number of benzene rings is 3. The molecule has 7 nitrogen and oxygen atoms in total. The number of halogens is 2. The molecule has 1 heterocycles. The Morgan fingerprint density at radius 2 is 1.68 bits per heavy atom. The van der Waals surface area contributed by atoms with E-state index in [4.69, 9.17) is 0 Å². The fraction of sp³-hybridized carbons (Fsp3) is 0.323. The molecule has 2 atom stereocenters. The van der Waals surface area contributed by atoms with Gasteiger partial charge in [0.1, 0.15) is 17.5 Å². The zero-order chi connectivity index (χ0) is 28.6. The van der Waals surface area contributed by atoms with Gasteiger partial charge >= 0.3 is 0 Å². The van der Waals surface area contributed by atoms with Crippen LogP contribution in [0.4, 0.5) is 8.78 Å². The van der Waals surface area contributed by atoms with Gasteiger partial charge in [-0.25, -0.2) is 13.8 Å². The van der Waals surface area contributed by atoms with E-state index in [9.17, 15) is 23.5 Å². The van der Waals surface area contributed by atoms with Gasteiger partial charge in [0.25, 0.3) is 0 Å². The largest absolute Gasteiger partial charge is 0.390 e. The Balaban J connectivity index is 1.40. The van der Waals surface area contributed by atoms with Crippen molar-refractivity contribution in [3.63, 3.8) is 0 Å². The molecule has 0 radical (unpaired) electrons. The summed E-state index contributed by atoms with van der Waals surface area (Å²) in [5.41, 5.74) is 3.92. The average molecular weight is 549 g/mol. The van der Waals surface area contributed by atoms with Crippen LogP contribution >= 0.6 is 0 Å². The molecule has 0 bridgehead atoms. The quantitative estimate of drug-likeness (QED) is 0.243. The number of rotatable bonds is 12. The highest BCUT2D eigenvalue weighted by Crippen LogP contribution is 2.17. The van der Waals surface area contributed by atoms with Crippen LogP contribution in [0.25, 0.3) is 11.0 Å². The Kier molecular flexibility index (Phi) is 9.74. The monoisotopic (exact) mass is 548 g/mol. The van der Waals surface area contributed by atoms with Crippen LogP contribution < -0.4 is 10.6 Å². The molecule has 3 N–H and O–H groups in total. The number of nitrogens with zero attached hydrogens (tertiary/aromatic N) is 2. The summed E-state index contributed by atoms with van der Waals surface area (Å²) in [6.07, 6.45) is -0.332. The first kappa shape index (κ1) is 29.0. The Hall–Kier alpha value is -3.95. The van der Waals surface area contributed by atoms with Gasteiger partial charge in [0.15, 0.2) is 0 Å². The molecule has 9 heteroatoms. The lowest BCUT2D eigenvalue weighted by Crippen LogP contribution is -2.48. The van der Waals surface area contributed by atoms with Crippen LogP contribution in [-0.2, 0) is 24.2 Å². The van der Waals surface area contributed by atoms with Crippen LogP contribution in [0.15, 0.2) is 66.7 Å². The van der Waals surface area contributed by atoms with Gasteiger partial charge < -0.3 is 15.7 Å². The third-order valence-corrected chi connectivity index (χ3v) is 6.81. The summed E-state index contributed by atoms with van der Waals surface area (Å²) in [7, 11) is 0. The number of carbonyl (C=O) groups is 2. The van der Waals surface area contributed by atoms with Crippen molar-refractivity contribution in [2.24, 2.45) is 0 Å². The molecule has 3 aromatic carbocycles. The molecule has 0 aliphatic heterocycles. The molecular formula is C31H34F2N4O3. The lowest BCUT2D eigenvalue weighted by Gasteiger charge is -2.25. The van der Waals surface area contributed by atoms with Crippen LogP contribution in [0.5, 0.6) is 0 Å². The molecule has 210 valence electrons. The highest BCUT2D eigenvalue weighted by Gasteiger charge is 2.23. The van der Waals surface area contributed by atoms with Crippen molar-refractivity contribution < 1.29 is 23.5 Å². The number of nitrogens with one attached hydrogen (secondary N) is 2. The van der Waals surface area contributed by atoms with Crippen molar-refractivity contribution in [3.05, 3.63) is 101 Å². The molecule has 0 unspecified atom stereocenters. The first-order valence-electron chi connectivity index (χ1n) is 13.4. The first-order valence-corrected chi connectivity index (χ1v) is 13.4. The van der Waals surface area contributed by atoms with Crippen molar-refractivity contribution in [3.8, 4) is 0 Å². The molecule has 1 aromatic heterocycles. The van der Waals surface area contributed by atoms with Gasteiger partial charge in [-0.3, -0.25) is 14.2 Å². The summed E-state index contributed by atoms with van der Waals surface area (Å²) in [4.78, 5) is 30.2. The minimum atomic E-state index is -1.06. The second-order valence-electron chi connectivity index (χ2n) is 9.90. The minimum Gasteiger partial charge on any atom is -0.390 e. The standard InChI is InChI=1S/C31H34F2N4O3/c1-3-21-7-6-8-22(13-21)18-34-19-29(38)27(16-23-14-24(32)17-25(33)15-23)36-30(39)11-12-31(40)37-20(2)35-26-9-4-5-10-28(26)37/h4-10,13-15,17,27,29,34,38H,3,11-12,16,18-19H2,1-2H3,(H,36,39)/t27-,29+/m0/s1. The molecule has 0 saturated heterocycles. The van der Waals surface area contributed by atoms with E-state index >= 15 is 0 Å². The molecule has 1 amide bonds. The lowest BCUT2D eigenvalue weighted by molar-refractivity contribution is -0.122. The second-order valence-corrected chi connectivity index (χ2v) is 9.90.